The van der Waals surface area contributed by atoms with E-state index in [1.54, 1.807) is 6.20 Å². The van der Waals surface area contributed by atoms with Crippen molar-refractivity contribution in [2.75, 3.05) is 13.1 Å². The fourth-order valence-corrected chi connectivity index (χ4v) is 3.86. The molecular formula is C19H21N5O2. The Morgan fingerprint density at radius 1 is 1.23 bits per heavy atom. The second-order valence-electron chi connectivity index (χ2n) is 7.16. The summed E-state index contributed by atoms with van der Waals surface area (Å²) in [7, 11) is 0. The average Bonchev–Trinajstić information content (AvgIpc) is 3.32. The fourth-order valence-electron chi connectivity index (χ4n) is 3.86. The van der Waals surface area contributed by atoms with E-state index in [0.717, 1.165) is 48.8 Å². The number of hydrogen-bond donors (Lipinski definition) is 0. The second kappa shape index (κ2) is 6.34. The molecule has 0 N–H and O–H groups in total. The van der Waals surface area contributed by atoms with Crippen LogP contribution in [0.3, 0.4) is 0 Å². The predicted octanol–water partition coefficient (Wildman–Crippen LogP) is 2.59. The monoisotopic (exact) mass is 351 g/mol. The molecule has 2 aliphatic rings. The molecule has 7 nitrogen and oxygen atoms in total. The Balaban J connectivity index is 1.30. The molecule has 1 fully saturated rings. The molecular weight excluding hydrogens is 330 g/mol. The number of benzene rings is 1. The number of likely N-dealkylation sites (tertiary alicyclic amines) is 1. The normalized spacial score (nSPS) is 22.8. The molecule has 2 aliphatic heterocycles. The Morgan fingerprint density at radius 3 is 3.00 bits per heavy atom. The van der Waals surface area contributed by atoms with Crippen molar-refractivity contribution in [1.29, 1.82) is 0 Å². The van der Waals surface area contributed by atoms with Gasteiger partial charge >= 0.3 is 0 Å². The molecule has 4 heterocycles. The lowest BCUT2D eigenvalue weighted by molar-refractivity contribution is -0.0679. The van der Waals surface area contributed by atoms with Crippen LogP contribution in [-0.4, -0.2) is 44.2 Å². The van der Waals surface area contributed by atoms with Crippen LogP contribution in [0.25, 0.3) is 11.3 Å². The molecule has 3 aromatic rings. The molecule has 2 unspecified atom stereocenters. The lowest BCUT2D eigenvalue weighted by Gasteiger charge is -2.40. The summed E-state index contributed by atoms with van der Waals surface area (Å²) in [6, 6.07) is 10.6. The van der Waals surface area contributed by atoms with Gasteiger partial charge in [-0.05, 0) is 13.3 Å². The van der Waals surface area contributed by atoms with E-state index < -0.39 is 0 Å². The molecule has 5 rings (SSSR count). The highest BCUT2D eigenvalue weighted by Crippen LogP contribution is 2.31. The van der Waals surface area contributed by atoms with Gasteiger partial charge in [-0.1, -0.05) is 40.2 Å². The zero-order valence-electron chi connectivity index (χ0n) is 14.7. The topological polar surface area (TPSA) is 69.2 Å². The van der Waals surface area contributed by atoms with Crippen LogP contribution in [0.2, 0.25) is 0 Å². The molecule has 0 amide bonds. The van der Waals surface area contributed by atoms with Crippen LogP contribution in [-0.2, 0) is 17.9 Å². The van der Waals surface area contributed by atoms with Crippen molar-refractivity contribution < 1.29 is 9.26 Å². The van der Waals surface area contributed by atoms with Gasteiger partial charge in [0.1, 0.15) is 5.69 Å². The van der Waals surface area contributed by atoms with Crippen molar-refractivity contribution in [3.8, 4) is 11.3 Å². The van der Waals surface area contributed by atoms with Crippen molar-refractivity contribution in [3.05, 3.63) is 53.5 Å². The highest BCUT2D eigenvalue weighted by atomic mass is 16.5. The number of hydrogen-bond acceptors (Lipinski definition) is 6. The van der Waals surface area contributed by atoms with Gasteiger partial charge in [-0.15, -0.1) is 5.10 Å². The summed E-state index contributed by atoms with van der Waals surface area (Å²) >= 11 is 0. The third-order valence-electron chi connectivity index (χ3n) is 5.30. The number of ether oxygens (including phenoxy) is 1. The summed E-state index contributed by atoms with van der Waals surface area (Å²) in [5.74, 6) is 0.884. The maximum Gasteiger partial charge on any atom is 0.151 e. The van der Waals surface area contributed by atoms with E-state index in [2.05, 4.69) is 51.6 Å². The third kappa shape index (κ3) is 2.83. The molecule has 0 saturated carbocycles. The molecule has 26 heavy (non-hydrogen) atoms. The number of aromatic nitrogens is 4. The van der Waals surface area contributed by atoms with Gasteiger partial charge in [-0.25, -0.2) is 4.68 Å². The first-order valence-corrected chi connectivity index (χ1v) is 9.02. The van der Waals surface area contributed by atoms with Gasteiger partial charge in [0.05, 0.1) is 37.2 Å². The maximum atomic E-state index is 5.97. The van der Waals surface area contributed by atoms with Gasteiger partial charge in [-0.3, -0.25) is 4.90 Å². The van der Waals surface area contributed by atoms with E-state index in [1.807, 2.05) is 10.7 Å². The highest BCUT2D eigenvalue weighted by Gasteiger charge is 2.36. The van der Waals surface area contributed by atoms with Gasteiger partial charge in [0.2, 0.25) is 0 Å². The lowest BCUT2D eigenvalue weighted by Crippen LogP contribution is -2.47. The molecule has 2 aromatic heterocycles. The first-order chi connectivity index (χ1) is 12.8. The summed E-state index contributed by atoms with van der Waals surface area (Å²) in [5.41, 5.74) is 4.25. The molecule has 2 atom stereocenters. The Bertz CT molecular complexity index is 901. The van der Waals surface area contributed by atoms with Crippen LogP contribution in [0.4, 0.5) is 0 Å². The first-order valence-electron chi connectivity index (χ1n) is 9.02. The van der Waals surface area contributed by atoms with Gasteiger partial charge < -0.3 is 9.26 Å². The molecule has 1 aromatic carbocycles. The molecule has 134 valence electrons. The predicted molar refractivity (Wildman–Crippen MR) is 94.2 cm³/mol. The van der Waals surface area contributed by atoms with E-state index in [-0.39, 0.29) is 12.1 Å². The fraction of sp³-hybridized carbons (Fsp3) is 0.421. The molecule has 0 bridgehead atoms. The van der Waals surface area contributed by atoms with Crippen molar-refractivity contribution in [1.82, 2.24) is 25.1 Å². The summed E-state index contributed by atoms with van der Waals surface area (Å²) in [5, 5.41) is 12.5. The van der Waals surface area contributed by atoms with Crippen molar-refractivity contribution in [2.24, 2.45) is 0 Å². The minimum absolute atomic E-state index is 0.217. The Labute approximate surface area is 151 Å². The molecule has 0 aliphatic carbocycles. The quantitative estimate of drug-likeness (QED) is 0.722. The lowest BCUT2D eigenvalue weighted by atomic mass is 10.0. The van der Waals surface area contributed by atoms with Crippen LogP contribution in [0.1, 0.15) is 29.5 Å². The van der Waals surface area contributed by atoms with Crippen LogP contribution in [0.5, 0.6) is 0 Å². The summed E-state index contributed by atoms with van der Waals surface area (Å²) in [4.78, 5) is 2.38. The first kappa shape index (κ1) is 15.7. The third-order valence-corrected chi connectivity index (χ3v) is 5.30. The highest BCUT2D eigenvalue weighted by molar-refractivity contribution is 5.59. The largest absolute Gasteiger partial charge is 0.370 e. The minimum Gasteiger partial charge on any atom is -0.370 e. The van der Waals surface area contributed by atoms with Crippen molar-refractivity contribution in [3.63, 3.8) is 0 Å². The smallest absolute Gasteiger partial charge is 0.151 e. The van der Waals surface area contributed by atoms with Crippen LogP contribution < -0.4 is 0 Å². The standard InChI is InChI=1S/C19H21N5O2/c1-13-2-4-14(5-3-13)17-8-16(26-21-17)10-23-7-6-19-18(11-23)24-15(12-25-19)9-20-22-24/h2-5,8-9,18-19H,6-7,10-12H2,1H3. The molecule has 7 heteroatoms. The van der Waals surface area contributed by atoms with E-state index in [1.165, 1.54) is 5.56 Å². The summed E-state index contributed by atoms with van der Waals surface area (Å²) < 4.78 is 13.6. The van der Waals surface area contributed by atoms with Crippen LogP contribution >= 0.6 is 0 Å². The number of aryl methyl sites for hydroxylation is 1. The van der Waals surface area contributed by atoms with Gasteiger partial charge in [0.15, 0.2) is 5.76 Å². The zero-order chi connectivity index (χ0) is 17.5. The number of nitrogens with zero attached hydrogens (tertiary/aromatic N) is 5. The zero-order valence-corrected chi connectivity index (χ0v) is 14.7. The van der Waals surface area contributed by atoms with Crippen LogP contribution in [0, 0.1) is 6.92 Å². The minimum atomic E-state index is 0.217. The second-order valence-corrected chi connectivity index (χ2v) is 7.16. The number of fused-ring (bicyclic) bond motifs is 3. The molecule has 0 spiro atoms. The molecule has 0 radical (unpaired) electrons. The van der Waals surface area contributed by atoms with E-state index in [9.17, 15) is 0 Å². The van der Waals surface area contributed by atoms with Gasteiger partial charge in [-0.2, -0.15) is 0 Å². The van der Waals surface area contributed by atoms with E-state index in [4.69, 9.17) is 9.26 Å². The summed E-state index contributed by atoms with van der Waals surface area (Å²) in [6.07, 6.45) is 3.00. The molecule has 1 saturated heterocycles. The SMILES string of the molecule is Cc1ccc(-c2cc(CN3CCC4OCc5cnnn5C4C3)on2)cc1. The van der Waals surface area contributed by atoms with E-state index >= 15 is 0 Å². The maximum absolute atomic E-state index is 5.97. The van der Waals surface area contributed by atoms with Crippen molar-refractivity contribution >= 4 is 0 Å². The Hall–Kier alpha value is -2.51. The number of rotatable bonds is 3. The number of piperidine rings is 1. The van der Waals surface area contributed by atoms with Crippen LogP contribution in [0.15, 0.2) is 41.1 Å². The van der Waals surface area contributed by atoms with Crippen molar-refractivity contribution in [2.45, 2.75) is 38.6 Å². The Kier molecular flexibility index (Phi) is 3.83. The van der Waals surface area contributed by atoms with E-state index in [0.29, 0.717) is 6.61 Å². The van der Waals surface area contributed by atoms with Gasteiger partial charge in [0, 0.05) is 24.7 Å². The Morgan fingerprint density at radius 2 is 2.12 bits per heavy atom. The van der Waals surface area contributed by atoms with Gasteiger partial charge in [0.25, 0.3) is 0 Å². The average molecular weight is 351 g/mol. The summed E-state index contributed by atoms with van der Waals surface area (Å²) in [6.45, 7) is 5.28.